The topological polar surface area (TPSA) is 49.3 Å². The summed E-state index contributed by atoms with van der Waals surface area (Å²) in [5, 5.41) is 0. The number of amides is 1. The van der Waals surface area contributed by atoms with Crippen molar-refractivity contribution in [3.8, 4) is 0 Å². The minimum Gasteiger partial charge on any atom is -0.342 e. The van der Waals surface area contributed by atoms with Gasteiger partial charge in [-0.15, -0.1) is 0 Å². The third-order valence-electron chi connectivity index (χ3n) is 6.55. The van der Waals surface area contributed by atoms with E-state index < -0.39 is 0 Å². The molecule has 0 aromatic carbocycles. The van der Waals surface area contributed by atoms with Crippen LogP contribution in [0.2, 0.25) is 0 Å². The maximum Gasteiger partial charge on any atom is 0.230 e. The lowest BCUT2D eigenvalue weighted by molar-refractivity contribution is -0.145. The third kappa shape index (κ3) is 3.51. The van der Waals surface area contributed by atoms with E-state index in [2.05, 4.69) is 19.8 Å². The Hall–Kier alpha value is -1.65. The van der Waals surface area contributed by atoms with Crippen LogP contribution in [0.3, 0.4) is 0 Å². The molecule has 2 aliphatic heterocycles. The molecule has 1 saturated carbocycles. The van der Waals surface area contributed by atoms with Crippen molar-refractivity contribution < 1.29 is 4.79 Å². The molecule has 5 nitrogen and oxygen atoms in total. The van der Waals surface area contributed by atoms with Gasteiger partial charge < -0.3 is 9.80 Å². The number of hydrogen-bond acceptors (Lipinski definition) is 4. The molecule has 1 amide bonds. The molecule has 25 heavy (non-hydrogen) atoms. The van der Waals surface area contributed by atoms with E-state index in [1.54, 1.807) is 12.4 Å². The Morgan fingerprint density at radius 1 is 1.04 bits per heavy atom. The Morgan fingerprint density at radius 2 is 1.84 bits per heavy atom. The van der Waals surface area contributed by atoms with Gasteiger partial charge in [0.05, 0.1) is 5.41 Å². The fourth-order valence-corrected chi connectivity index (χ4v) is 5.06. The second-order valence-electron chi connectivity index (χ2n) is 8.19. The first kappa shape index (κ1) is 16.8. The Morgan fingerprint density at radius 3 is 2.64 bits per heavy atom. The van der Waals surface area contributed by atoms with Crippen molar-refractivity contribution in [3.63, 3.8) is 0 Å². The van der Waals surface area contributed by atoms with Crippen LogP contribution in [0.25, 0.3) is 0 Å². The molecule has 1 atom stereocenters. The van der Waals surface area contributed by atoms with Gasteiger partial charge in [-0.05, 0) is 37.7 Å². The van der Waals surface area contributed by atoms with Gasteiger partial charge in [-0.2, -0.15) is 0 Å². The Bertz CT molecular complexity index is 587. The normalized spacial score (nSPS) is 28.1. The lowest BCUT2D eigenvalue weighted by Crippen LogP contribution is -2.50. The number of hydrogen-bond donors (Lipinski definition) is 0. The SMILES string of the molecule is O=C1N(CCC2CCCCC2)CCCC12CCN(c1ncccn1)C2. The van der Waals surface area contributed by atoms with Crippen LogP contribution >= 0.6 is 0 Å². The van der Waals surface area contributed by atoms with Gasteiger partial charge in [0.15, 0.2) is 0 Å². The summed E-state index contributed by atoms with van der Waals surface area (Å²) < 4.78 is 0. The van der Waals surface area contributed by atoms with Gasteiger partial charge in [-0.1, -0.05) is 32.1 Å². The van der Waals surface area contributed by atoms with E-state index >= 15 is 0 Å². The number of likely N-dealkylation sites (tertiary alicyclic amines) is 1. The van der Waals surface area contributed by atoms with Gasteiger partial charge in [0, 0.05) is 38.6 Å². The minimum atomic E-state index is -0.190. The van der Waals surface area contributed by atoms with Crippen molar-refractivity contribution in [2.75, 3.05) is 31.1 Å². The molecule has 2 saturated heterocycles. The van der Waals surface area contributed by atoms with Gasteiger partial charge in [-0.25, -0.2) is 9.97 Å². The van der Waals surface area contributed by atoms with Gasteiger partial charge in [0.25, 0.3) is 0 Å². The van der Waals surface area contributed by atoms with Crippen LogP contribution in [0.1, 0.15) is 57.8 Å². The van der Waals surface area contributed by atoms with E-state index in [1.807, 2.05) is 6.07 Å². The predicted molar refractivity (Wildman–Crippen MR) is 98.3 cm³/mol. The zero-order valence-corrected chi connectivity index (χ0v) is 15.2. The molecule has 1 unspecified atom stereocenters. The lowest BCUT2D eigenvalue weighted by Gasteiger charge is -2.40. The summed E-state index contributed by atoms with van der Waals surface area (Å²) in [6.07, 6.45) is 14.8. The average Bonchev–Trinajstić information content (AvgIpc) is 3.10. The van der Waals surface area contributed by atoms with Gasteiger partial charge >= 0.3 is 0 Å². The molecule has 3 heterocycles. The quantitative estimate of drug-likeness (QED) is 0.843. The number of aromatic nitrogens is 2. The van der Waals surface area contributed by atoms with Crippen LogP contribution in [0.15, 0.2) is 18.5 Å². The number of carbonyl (C=O) groups excluding carboxylic acids is 1. The summed E-state index contributed by atoms with van der Waals surface area (Å²) >= 11 is 0. The van der Waals surface area contributed by atoms with E-state index in [-0.39, 0.29) is 5.41 Å². The van der Waals surface area contributed by atoms with Crippen LogP contribution in [0.4, 0.5) is 5.95 Å². The van der Waals surface area contributed by atoms with Gasteiger partial charge in [-0.3, -0.25) is 4.79 Å². The fraction of sp³-hybridized carbons (Fsp3) is 0.750. The zero-order chi connectivity index (χ0) is 17.1. The maximum absolute atomic E-state index is 13.3. The van der Waals surface area contributed by atoms with E-state index in [0.29, 0.717) is 5.91 Å². The highest BCUT2D eigenvalue weighted by Gasteiger charge is 2.48. The molecule has 0 radical (unpaired) electrons. The first-order chi connectivity index (χ1) is 12.3. The fourth-order valence-electron chi connectivity index (χ4n) is 5.06. The van der Waals surface area contributed by atoms with E-state index in [9.17, 15) is 4.79 Å². The highest BCUT2D eigenvalue weighted by molar-refractivity contribution is 5.85. The van der Waals surface area contributed by atoms with Crippen LogP contribution < -0.4 is 4.90 Å². The van der Waals surface area contributed by atoms with Crippen molar-refractivity contribution in [3.05, 3.63) is 18.5 Å². The van der Waals surface area contributed by atoms with E-state index in [1.165, 1.54) is 38.5 Å². The second kappa shape index (κ2) is 7.30. The molecule has 3 aliphatic rings. The lowest BCUT2D eigenvalue weighted by atomic mass is 9.78. The summed E-state index contributed by atoms with van der Waals surface area (Å²) in [7, 11) is 0. The molecular weight excluding hydrogens is 312 g/mol. The first-order valence-corrected chi connectivity index (χ1v) is 10.1. The Kier molecular flexibility index (Phi) is 4.91. The van der Waals surface area contributed by atoms with E-state index in [4.69, 9.17) is 0 Å². The highest BCUT2D eigenvalue weighted by atomic mass is 16.2. The molecular formula is C20H30N4O. The maximum atomic E-state index is 13.3. The number of anilines is 1. The summed E-state index contributed by atoms with van der Waals surface area (Å²) in [6, 6.07) is 1.84. The van der Waals surface area contributed by atoms with Crippen molar-refractivity contribution >= 4 is 11.9 Å². The third-order valence-corrected chi connectivity index (χ3v) is 6.55. The van der Waals surface area contributed by atoms with Crippen molar-refractivity contribution in [1.29, 1.82) is 0 Å². The number of nitrogens with zero attached hydrogens (tertiary/aromatic N) is 4. The van der Waals surface area contributed by atoms with Crippen LogP contribution in [0, 0.1) is 11.3 Å². The summed E-state index contributed by atoms with van der Waals surface area (Å²) in [4.78, 5) is 26.4. The summed E-state index contributed by atoms with van der Waals surface area (Å²) in [6.45, 7) is 3.60. The Balaban J connectivity index is 1.38. The van der Waals surface area contributed by atoms with Gasteiger partial charge in [0.1, 0.15) is 0 Å². The van der Waals surface area contributed by atoms with Crippen molar-refractivity contribution in [1.82, 2.24) is 14.9 Å². The molecule has 1 spiro atoms. The number of carbonyl (C=O) groups is 1. The summed E-state index contributed by atoms with van der Waals surface area (Å²) in [5.74, 6) is 2.01. The zero-order valence-electron chi connectivity index (χ0n) is 15.2. The molecule has 136 valence electrons. The largest absolute Gasteiger partial charge is 0.342 e. The highest BCUT2D eigenvalue weighted by Crippen LogP contribution is 2.41. The molecule has 0 N–H and O–H groups in total. The number of piperidine rings is 1. The smallest absolute Gasteiger partial charge is 0.230 e. The minimum absolute atomic E-state index is 0.190. The predicted octanol–water partition coefficient (Wildman–Crippen LogP) is 3.27. The van der Waals surface area contributed by atoms with Crippen LogP contribution in [0.5, 0.6) is 0 Å². The van der Waals surface area contributed by atoms with Crippen LogP contribution in [-0.4, -0.2) is 47.0 Å². The second-order valence-corrected chi connectivity index (χ2v) is 8.19. The molecule has 1 aliphatic carbocycles. The monoisotopic (exact) mass is 342 g/mol. The van der Waals surface area contributed by atoms with Crippen LogP contribution in [-0.2, 0) is 4.79 Å². The summed E-state index contributed by atoms with van der Waals surface area (Å²) in [5.41, 5.74) is -0.190. The van der Waals surface area contributed by atoms with E-state index in [0.717, 1.165) is 57.3 Å². The molecule has 4 rings (SSSR count). The number of rotatable bonds is 4. The molecule has 0 bridgehead atoms. The standard InChI is InChI=1S/C20H30N4O/c25-18-20(10-15-24(16-20)19-21-11-5-12-22-19)9-4-13-23(18)14-8-17-6-2-1-3-7-17/h5,11-12,17H,1-4,6-10,13-16H2. The first-order valence-electron chi connectivity index (χ1n) is 10.1. The molecule has 1 aromatic heterocycles. The van der Waals surface area contributed by atoms with Gasteiger partial charge in [0.2, 0.25) is 11.9 Å². The average molecular weight is 342 g/mol. The molecule has 1 aromatic rings. The molecule has 3 fully saturated rings. The molecule has 5 heteroatoms. The van der Waals surface area contributed by atoms with Crippen molar-refractivity contribution in [2.24, 2.45) is 11.3 Å². The Labute approximate surface area is 150 Å². The van der Waals surface area contributed by atoms with Crippen molar-refractivity contribution in [2.45, 2.75) is 57.8 Å².